The van der Waals surface area contributed by atoms with Crippen molar-refractivity contribution < 1.29 is 14.3 Å². The van der Waals surface area contributed by atoms with Crippen LogP contribution in [0.4, 0.5) is 0 Å². The molecule has 0 aromatic heterocycles. The Morgan fingerprint density at radius 1 is 0.850 bits per heavy atom. The van der Waals surface area contributed by atoms with Gasteiger partial charge in [0.1, 0.15) is 11.5 Å². The van der Waals surface area contributed by atoms with Gasteiger partial charge < -0.3 is 9.47 Å². The van der Waals surface area contributed by atoms with Gasteiger partial charge in [-0.3, -0.25) is 4.79 Å². The van der Waals surface area contributed by atoms with Crippen molar-refractivity contribution in [3.63, 3.8) is 0 Å². The topological polar surface area (TPSA) is 35.5 Å². The fourth-order valence-electron chi connectivity index (χ4n) is 1.87. The summed E-state index contributed by atoms with van der Waals surface area (Å²) in [4.78, 5) is 12.3. The van der Waals surface area contributed by atoms with E-state index in [-0.39, 0.29) is 11.9 Å². The van der Waals surface area contributed by atoms with E-state index in [1.54, 1.807) is 43.5 Å². The molecule has 0 N–H and O–H groups in total. The van der Waals surface area contributed by atoms with Gasteiger partial charge in [-0.2, -0.15) is 0 Å². The second kappa shape index (κ2) is 6.24. The van der Waals surface area contributed by atoms with Crippen molar-refractivity contribution in [3.8, 4) is 11.5 Å². The third kappa shape index (κ3) is 3.38. The van der Waals surface area contributed by atoms with Crippen molar-refractivity contribution in [3.05, 3.63) is 59.7 Å². The summed E-state index contributed by atoms with van der Waals surface area (Å²) in [5.74, 6) is 1.50. The first-order valence-corrected chi connectivity index (χ1v) is 6.55. The summed E-state index contributed by atoms with van der Waals surface area (Å²) in [6, 6.07) is 14.3. The van der Waals surface area contributed by atoms with Gasteiger partial charge in [0, 0.05) is 11.1 Å². The summed E-state index contributed by atoms with van der Waals surface area (Å²) in [5, 5.41) is 0. The summed E-state index contributed by atoms with van der Waals surface area (Å²) in [7, 11) is 1.60. The molecule has 104 valence electrons. The van der Waals surface area contributed by atoms with E-state index in [1.807, 2.05) is 26.0 Å². The van der Waals surface area contributed by atoms with Gasteiger partial charge in [0.25, 0.3) is 0 Å². The van der Waals surface area contributed by atoms with Crippen molar-refractivity contribution in [2.45, 2.75) is 20.0 Å². The smallest absolute Gasteiger partial charge is 0.193 e. The van der Waals surface area contributed by atoms with Crippen LogP contribution in [-0.4, -0.2) is 19.0 Å². The van der Waals surface area contributed by atoms with Gasteiger partial charge in [0.15, 0.2) is 5.78 Å². The lowest BCUT2D eigenvalue weighted by Gasteiger charge is -2.10. The van der Waals surface area contributed by atoms with Gasteiger partial charge in [-0.25, -0.2) is 0 Å². The molecule has 0 saturated heterocycles. The number of methoxy groups -OCH3 is 1. The monoisotopic (exact) mass is 270 g/mol. The van der Waals surface area contributed by atoms with E-state index < -0.39 is 0 Å². The van der Waals surface area contributed by atoms with Gasteiger partial charge in [-0.05, 0) is 62.4 Å². The molecule has 2 aromatic rings. The van der Waals surface area contributed by atoms with Crippen molar-refractivity contribution >= 4 is 5.78 Å². The van der Waals surface area contributed by atoms with Crippen LogP contribution in [0.15, 0.2) is 48.5 Å². The number of hydrogen-bond acceptors (Lipinski definition) is 3. The van der Waals surface area contributed by atoms with E-state index in [4.69, 9.17) is 9.47 Å². The van der Waals surface area contributed by atoms with Crippen LogP contribution in [0.25, 0.3) is 0 Å². The summed E-state index contributed by atoms with van der Waals surface area (Å²) in [6.07, 6.45) is 0.123. The minimum atomic E-state index is -0.0104. The Kier molecular flexibility index (Phi) is 4.41. The number of carbonyl (C=O) groups excluding carboxylic acids is 1. The van der Waals surface area contributed by atoms with Gasteiger partial charge >= 0.3 is 0 Å². The Labute approximate surface area is 119 Å². The zero-order chi connectivity index (χ0) is 14.5. The highest BCUT2D eigenvalue weighted by Gasteiger charge is 2.09. The van der Waals surface area contributed by atoms with Gasteiger partial charge in [-0.15, -0.1) is 0 Å². The zero-order valence-corrected chi connectivity index (χ0v) is 11.9. The average molecular weight is 270 g/mol. The third-order valence-corrected chi connectivity index (χ3v) is 2.84. The van der Waals surface area contributed by atoms with Gasteiger partial charge in [-0.1, -0.05) is 0 Å². The average Bonchev–Trinajstić information content (AvgIpc) is 2.47. The van der Waals surface area contributed by atoms with E-state index in [0.717, 1.165) is 11.5 Å². The highest BCUT2D eigenvalue weighted by atomic mass is 16.5. The Hall–Kier alpha value is -2.29. The standard InChI is InChI=1S/C17H18O3/c1-12(2)20-16-10-6-14(7-11-16)17(18)13-4-8-15(19-3)9-5-13/h4-12H,1-3H3. The Morgan fingerprint density at radius 2 is 1.30 bits per heavy atom. The molecule has 0 atom stereocenters. The molecule has 0 aliphatic carbocycles. The summed E-state index contributed by atoms with van der Waals surface area (Å²) in [6.45, 7) is 3.94. The second-order valence-electron chi connectivity index (χ2n) is 4.75. The van der Waals surface area contributed by atoms with Gasteiger partial charge in [0.05, 0.1) is 13.2 Å². The normalized spacial score (nSPS) is 10.4. The lowest BCUT2D eigenvalue weighted by atomic mass is 10.0. The van der Waals surface area contributed by atoms with Crippen LogP contribution in [0, 0.1) is 0 Å². The van der Waals surface area contributed by atoms with E-state index in [1.165, 1.54) is 0 Å². The summed E-state index contributed by atoms with van der Waals surface area (Å²) >= 11 is 0. The van der Waals surface area contributed by atoms with Crippen molar-refractivity contribution in [2.24, 2.45) is 0 Å². The number of ketones is 1. The van der Waals surface area contributed by atoms with Crippen LogP contribution in [0.5, 0.6) is 11.5 Å². The van der Waals surface area contributed by atoms with E-state index in [2.05, 4.69) is 0 Å². The maximum atomic E-state index is 12.3. The van der Waals surface area contributed by atoms with Crippen LogP contribution >= 0.6 is 0 Å². The molecule has 20 heavy (non-hydrogen) atoms. The van der Waals surface area contributed by atoms with Crippen LogP contribution in [0.1, 0.15) is 29.8 Å². The van der Waals surface area contributed by atoms with Crippen LogP contribution < -0.4 is 9.47 Å². The Morgan fingerprint density at radius 3 is 1.70 bits per heavy atom. The minimum Gasteiger partial charge on any atom is -0.497 e. The molecule has 3 heteroatoms. The molecule has 0 unspecified atom stereocenters. The quantitative estimate of drug-likeness (QED) is 0.777. The molecule has 0 fully saturated rings. The molecule has 2 aromatic carbocycles. The van der Waals surface area contributed by atoms with Crippen molar-refractivity contribution in [1.29, 1.82) is 0 Å². The third-order valence-electron chi connectivity index (χ3n) is 2.84. The first-order valence-electron chi connectivity index (χ1n) is 6.55. The van der Waals surface area contributed by atoms with Gasteiger partial charge in [0.2, 0.25) is 0 Å². The molecule has 3 nitrogen and oxygen atoms in total. The molecule has 0 amide bonds. The van der Waals surface area contributed by atoms with Crippen LogP contribution in [0.3, 0.4) is 0 Å². The second-order valence-corrected chi connectivity index (χ2v) is 4.75. The Bertz CT molecular complexity index is 568. The molecular weight excluding hydrogens is 252 g/mol. The van der Waals surface area contributed by atoms with E-state index >= 15 is 0 Å². The molecule has 0 heterocycles. The highest BCUT2D eigenvalue weighted by molar-refractivity contribution is 6.09. The molecular formula is C17H18O3. The molecule has 0 saturated carbocycles. The van der Waals surface area contributed by atoms with E-state index in [9.17, 15) is 4.79 Å². The Balaban J connectivity index is 2.15. The predicted molar refractivity (Wildman–Crippen MR) is 78.6 cm³/mol. The molecule has 0 bridgehead atoms. The highest BCUT2D eigenvalue weighted by Crippen LogP contribution is 2.18. The van der Waals surface area contributed by atoms with Crippen LogP contribution in [0.2, 0.25) is 0 Å². The van der Waals surface area contributed by atoms with E-state index in [0.29, 0.717) is 11.1 Å². The minimum absolute atomic E-state index is 0.0104. The number of rotatable bonds is 5. The lowest BCUT2D eigenvalue weighted by molar-refractivity contribution is 0.103. The number of ether oxygens (including phenoxy) is 2. The number of carbonyl (C=O) groups is 1. The lowest BCUT2D eigenvalue weighted by Crippen LogP contribution is -2.06. The molecule has 2 rings (SSSR count). The van der Waals surface area contributed by atoms with Crippen LogP contribution in [-0.2, 0) is 0 Å². The largest absolute Gasteiger partial charge is 0.497 e. The zero-order valence-electron chi connectivity index (χ0n) is 11.9. The molecule has 0 aliphatic rings. The maximum Gasteiger partial charge on any atom is 0.193 e. The molecule has 0 radical (unpaired) electrons. The molecule has 0 aliphatic heterocycles. The maximum absolute atomic E-state index is 12.3. The fourth-order valence-corrected chi connectivity index (χ4v) is 1.87. The summed E-state index contributed by atoms with van der Waals surface area (Å²) < 4.78 is 10.6. The van der Waals surface area contributed by atoms with Crippen molar-refractivity contribution in [2.75, 3.05) is 7.11 Å². The first-order chi connectivity index (χ1) is 9.60. The number of benzene rings is 2. The SMILES string of the molecule is COc1ccc(C(=O)c2ccc(OC(C)C)cc2)cc1. The number of hydrogen-bond donors (Lipinski definition) is 0. The summed E-state index contributed by atoms with van der Waals surface area (Å²) in [5.41, 5.74) is 1.29. The molecule has 0 spiro atoms. The van der Waals surface area contributed by atoms with Crippen molar-refractivity contribution in [1.82, 2.24) is 0 Å². The predicted octanol–water partition coefficient (Wildman–Crippen LogP) is 3.71. The fraction of sp³-hybridized carbons (Fsp3) is 0.235. The first kappa shape index (κ1) is 14.1.